The van der Waals surface area contributed by atoms with Crippen molar-refractivity contribution >= 4 is 35.6 Å². The van der Waals surface area contributed by atoms with E-state index in [0.29, 0.717) is 76.7 Å². The van der Waals surface area contributed by atoms with Crippen LogP contribution >= 0.6 is 0 Å². The molecule has 6 fully saturated rings. The first-order valence-electron chi connectivity index (χ1n) is 26.6. The van der Waals surface area contributed by atoms with E-state index < -0.39 is 16.6 Å². The zero-order valence-electron chi connectivity index (χ0n) is 44.4. The highest BCUT2D eigenvalue weighted by Gasteiger charge is 2.49. The fourth-order valence-corrected chi connectivity index (χ4v) is 13.2. The fourth-order valence-electron chi connectivity index (χ4n) is 13.2. The third-order valence-electron chi connectivity index (χ3n) is 16.5. The predicted molar refractivity (Wildman–Crippen MR) is 271 cm³/mol. The van der Waals surface area contributed by atoms with Crippen molar-refractivity contribution in [2.45, 2.75) is 231 Å². The molecule has 7 rings (SSSR count). The van der Waals surface area contributed by atoms with Gasteiger partial charge in [-0.2, -0.15) is 15.0 Å². The van der Waals surface area contributed by atoms with Crippen LogP contribution in [0.15, 0.2) is 0 Å². The zero-order valence-corrected chi connectivity index (χ0v) is 44.4. The minimum absolute atomic E-state index is 0.123. The van der Waals surface area contributed by atoms with Crippen LogP contribution in [0.2, 0.25) is 0 Å². The lowest BCUT2D eigenvalue weighted by molar-refractivity contribution is -0.157. The Bertz CT molecular complexity index is 1800. The summed E-state index contributed by atoms with van der Waals surface area (Å²) in [5, 5.41) is 7.18. The SMILES string of the molecule is CN1C(C)(C)CN(CCN(c2nc(N(CCN3CC(C)(C)NC(C)(C)C3=O)C3CCCCC3)nc(N(CCN3CC(C)(C)NC(C)(C)C3=O)C3CCCCC3)n2)C2CCCCC2)C(=O)C1(C)C. The highest BCUT2D eigenvalue weighted by atomic mass is 16.2. The van der Waals surface area contributed by atoms with E-state index in [2.05, 4.69) is 107 Å². The van der Waals surface area contributed by atoms with Gasteiger partial charge in [0.2, 0.25) is 35.6 Å². The van der Waals surface area contributed by atoms with Gasteiger partial charge in [0, 0.05) is 93.6 Å². The minimum atomic E-state index is -0.669. The smallest absolute Gasteiger partial charge is 0.242 e. The van der Waals surface area contributed by atoms with E-state index in [1.54, 1.807) is 0 Å². The van der Waals surface area contributed by atoms with Gasteiger partial charge in [-0.3, -0.25) is 29.9 Å². The van der Waals surface area contributed by atoms with Crippen molar-refractivity contribution in [3.8, 4) is 0 Å². The van der Waals surface area contributed by atoms with Crippen LogP contribution in [0.3, 0.4) is 0 Å². The average molecular weight is 933 g/mol. The third kappa shape index (κ3) is 11.7. The van der Waals surface area contributed by atoms with E-state index in [1.807, 2.05) is 27.7 Å². The Morgan fingerprint density at radius 1 is 0.463 bits per heavy atom. The maximum absolute atomic E-state index is 14.3. The molecule has 3 saturated carbocycles. The van der Waals surface area contributed by atoms with Gasteiger partial charge >= 0.3 is 0 Å². The summed E-state index contributed by atoms with van der Waals surface area (Å²) < 4.78 is 0. The lowest BCUT2D eigenvalue weighted by atomic mass is 9.87. The number of piperazine rings is 3. The largest absolute Gasteiger partial charge is 0.338 e. The van der Waals surface area contributed by atoms with Gasteiger partial charge in [0.1, 0.15) is 0 Å². The molecule has 0 unspecified atom stereocenters. The molecular weight excluding hydrogens is 841 g/mol. The maximum atomic E-state index is 14.3. The van der Waals surface area contributed by atoms with Crippen molar-refractivity contribution in [1.82, 2.24) is 45.2 Å². The van der Waals surface area contributed by atoms with Crippen LogP contribution in [-0.4, -0.2) is 170 Å². The molecule has 6 aliphatic rings. The van der Waals surface area contributed by atoms with Crippen molar-refractivity contribution in [2.75, 3.05) is 80.7 Å². The van der Waals surface area contributed by atoms with Crippen LogP contribution in [-0.2, 0) is 14.4 Å². The monoisotopic (exact) mass is 933 g/mol. The lowest BCUT2D eigenvalue weighted by Crippen LogP contribution is -2.70. The van der Waals surface area contributed by atoms with Crippen molar-refractivity contribution < 1.29 is 14.4 Å². The molecule has 15 nitrogen and oxygen atoms in total. The Morgan fingerprint density at radius 3 is 1.07 bits per heavy atom. The molecule has 4 heterocycles. The summed E-state index contributed by atoms with van der Waals surface area (Å²) in [4.78, 5) is 75.0. The number of hydrogen-bond donors (Lipinski definition) is 2. The standard InChI is InChI=1S/C52H92N12O3/c1-47(2)35-59(41(65)50(7,8)56-47)29-32-62(38-23-17-14-18-24-38)44-53-45(63(39-25-19-15-20-26-39)33-30-60-36-48(3,4)57-51(9,10)42(60)66)55-46(54-44)64(40-27-21-16-22-28-40)34-31-61-37-49(5,6)58(13)52(11,12)43(61)67/h38-40,56-57H,14-37H2,1-13H3. The number of likely N-dealkylation sites (N-methyl/N-ethyl adjacent to an activating group) is 1. The van der Waals surface area contributed by atoms with Crippen LogP contribution in [0.25, 0.3) is 0 Å². The van der Waals surface area contributed by atoms with Crippen molar-refractivity contribution in [3.63, 3.8) is 0 Å². The number of carbonyl (C=O) groups excluding carboxylic acids is 3. The van der Waals surface area contributed by atoms with Gasteiger partial charge in [0.15, 0.2) is 0 Å². The molecule has 67 heavy (non-hydrogen) atoms. The molecular formula is C52H92N12O3. The number of rotatable bonds is 15. The van der Waals surface area contributed by atoms with E-state index in [9.17, 15) is 14.4 Å². The topological polar surface area (TPSA) is 137 Å². The Balaban J connectivity index is 1.32. The van der Waals surface area contributed by atoms with Crippen LogP contribution < -0.4 is 25.3 Å². The molecule has 3 amide bonds. The van der Waals surface area contributed by atoms with Crippen molar-refractivity contribution in [1.29, 1.82) is 0 Å². The first kappa shape index (κ1) is 51.5. The summed E-state index contributed by atoms with van der Waals surface area (Å²) in [7, 11) is 2.08. The number of anilines is 3. The summed E-state index contributed by atoms with van der Waals surface area (Å²) in [6.07, 6.45) is 16.9. The molecule has 0 spiro atoms. The van der Waals surface area contributed by atoms with Gasteiger partial charge in [0.25, 0.3) is 0 Å². The van der Waals surface area contributed by atoms with E-state index in [-0.39, 0.29) is 52.5 Å². The molecule has 1 aromatic rings. The molecule has 378 valence electrons. The summed E-state index contributed by atoms with van der Waals surface area (Å²) >= 11 is 0. The Morgan fingerprint density at radius 2 is 0.761 bits per heavy atom. The Hall–Kier alpha value is -3.30. The molecule has 3 aliphatic heterocycles. The first-order chi connectivity index (χ1) is 31.3. The van der Waals surface area contributed by atoms with Gasteiger partial charge in [-0.15, -0.1) is 0 Å². The lowest BCUT2D eigenvalue weighted by Gasteiger charge is -2.54. The maximum Gasteiger partial charge on any atom is 0.242 e. The fraction of sp³-hybridized carbons (Fsp3) is 0.885. The predicted octanol–water partition coefficient (Wildman–Crippen LogP) is 6.60. The molecule has 3 saturated heterocycles. The van der Waals surface area contributed by atoms with E-state index >= 15 is 0 Å². The molecule has 2 N–H and O–H groups in total. The summed E-state index contributed by atoms with van der Waals surface area (Å²) in [6, 6.07) is 0.701. The van der Waals surface area contributed by atoms with Gasteiger partial charge in [-0.05, 0) is 129 Å². The minimum Gasteiger partial charge on any atom is -0.338 e. The molecule has 1 aromatic heterocycles. The molecule has 0 aromatic carbocycles. The van der Waals surface area contributed by atoms with Gasteiger partial charge in [0.05, 0.1) is 16.6 Å². The number of hydrogen-bond acceptors (Lipinski definition) is 12. The molecule has 3 aliphatic carbocycles. The number of carbonyl (C=O) groups is 3. The first-order valence-corrected chi connectivity index (χ1v) is 26.6. The quantitative estimate of drug-likeness (QED) is 0.196. The molecule has 15 heteroatoms. The van der Waals surface area contributed by atoms with E-state index in [0.717, 1.165) is 77.0 Å². The third-order valence-corrected chi connectivity index (χ3v) is 16.5. The van der Waals surface area contributed by atoms with Crippen molar-refractivity contribution in [3.05, 3.63) is 0 Å². The highest BCUT2D eigenvalue weighted by molar-refractivity contribution is 5.88. The second-order valence-corrected chi connectivity index (χ2v) is 25.1. The number of amides is 3. The number of aromatic nitrogens is 3. The molecule has 0 radical (unpaired) electrons. The summed E-state index contributed by atoms with van der Waals surface area (Å²) in [5.41, 5.74) is -2.61. The van der Waals surface area contributed by atoms with Crippen LogP contribution in [0.5, 0.6) is 0 Å². The van der Waals surface area contributed by atoms with Gasteiger partial charge in [-0.1, -0.05) is 57.8 Å². The van der Waals surface area contributed by atoms with E-state index in [1.165, 1.54) is 19.3 Å². The zero-order chi connectivity index (χ0) is 48.7. The molecule has 0 bridgehead atoms. The van der Waals surface area contributed by atoms with Gasteiger partial charge < -0.3 is 29.4 Å². The normalized spacial score (nSPS) is 25.9. The second-order valence-electron chi connectivity index (χ2n) is 25.1. The van der Waals surface area contributed by atoms with Crippen LogP contribution in [0.4, 0.5) is 17.8 Å². The molecule has 0 atom stereocenters. The van der Waals surface area contributed by atoms with Gasteiger partial charge in [-0.25, -0.2) is 0 Å². The average Bonchev–Trinajstić information content (AvgIpc) is 3.26. The van der Waals surface area contributed by atoms with Crippen LogP contribution in [0.1, 0.15) is 179 Å². The number of nitrogens with one attached hydrogen (secondary N) is 2. The highest BCUT2D eigenvalue weighted by Crippen LogP contribution is 2.36. The van der Waals surface area contributed by atoms with Crippen LogP contribution in [0, 0.1) is 0 Å². The van der Waals surface area contributed by atoms with Crippen molar-refractivity contribution in [2.24, 2.45) is 0 Å². The summed E-state index contributed by atoms with van der Waals surface area (Å²) in [6.45, 7) is 30.8. The Kier molecular flexibility index (Phi) is 15.3. The van der Waals surface area contributed by atoms with E-state index in [4.69, 9.17) is 15.0 Å². The number of nitrogens with zero attached hydrogens (tertiary/aromatic N) is 10. The summed E-state index contributed by atoms with van der Waals surface area (Å²) in [5.74, 6) is 2.47. The Labute approximate surface area is 405 Å². The second kappa shape index (κ2) is 19.8.